The van der Waals surface area contributed by atoms with Gasteiger partial charge in [0.1, 0.15) is 0 Å². The Morgan fingerprint density at radius 3 is 2.48 bits per heavy atom. The van der Waals surface area contributed by atoms with Crippen LogP contribution < -0.4 is 5.32 Å². The van der Waals surface area contributed by atoms with Gasteiger partial charge in [-0.1, -0.05) is 54.9 Å². The first-order valence-corrected chi connectivity index (χ1v) is 8.03. The van der Waals surface area contributed by atoms with Gasteiger partial charge in [-0.15, -0.1) is 0 Å². The van der Waals surface area contributed by atoms with E-state index in [1.54, 1.807) is 0 Å². The molecule has 21 heavy (non-hydrogen) atoms. The summed E-state index contributed by atoms with van der Waals surface area (Å²) in [6.45, 7) is 7.54. The number of benzene rings is 2. The second kappa shape index (κ2) is 7.63. The quantitative estimate of drug-likeness (QED) is 0.769. The Morgan fingerprint density at radius 1 is 1.05 bits per heavy atom. The van der Waals surface area contributed by atoms with Crippen molar-refractivity contribution in [3.63, 3.8) is 0 Å². The molecular weight excluding hydrogens is 278 g/mol. The molecule has 1 unspecified atom stereocenters. The van der Waals surface area contributed by atoms with Crippen molar-refractivity contribution in [2.75, 3.05) is 6.54 Å². The minimum Gasteiger partial charge on any atom is -0.310 e. The Kier molecular flexibility index (Phi) is 5.84. The molecule has 112 valence electrons. The molecule has 2 heteroatoms. The summed E-state index contributed by atoms with van der Waals surface area (Å²) in [6.07, 6.45) is 2.05. The molecule has 0 spiro atoms. The van der Waals surface area contributed by atoms with Gasteiger partial charge in [0.2, 0.25) is 0 Å². The molecule has 2 aromatic carbocycles. The van der Waals surface area contributed by atoms with Crippen molar-refractivity contribution in [1.29, 1.82) is 0 Å². The molecule has 0 aliphatic rings. The van der Waals surface area contributed by atoms with Crippen molar-refractivity contribution in [3.05, 3.63) is 69.7 Å². The van der Waals surface area contributed by atoms with Crippen LogP contribution in [0.1, 0.15) is 41.6 Å². The van der Waals surface area contributed by atoms with Crippen LogP contribution in [0.4, 0.5) is 0 Å². The summed E-state index contributed by atoms with van der Waals surface area (Å²) in [7, 11) is 0. The first-order chi connectivity index (χ1) is 10.1. The van der Waals surface area contributed by atoms with E-state index in [1.165, 1.54) is 22.3 Å². The lowest BCUT2D eigenvalue weighted by molar-refractivity contribution is 0.529. The normalized spacial score (nSPS) is 12.4. The molecule has 0 aliphatic carbocycles. The van der Waals surface area contributed by atoms with Crippen LogP contribution in [-0.2, 0) is 6.42 Å². The molecule has 0 saturated heterocycles. The molecule has 0 saturated carbocycles. The molecule has 0 heterocycles. The van der Waals surface area contributed by atoms with Crippen LogP contribution >= 0.6 is 11.6 Å². The van der Waals surface area contributed by atoms with Crippen molar-refractivity contribution >= 4 is 11.6 Å². The number of hydrogen-bond acceptors (Lipinski definition) is 1. The van der Waals surface area contributed by atoms with Crippen molar-refractivity contribution in [2.24, 2.45) is 0 Å². The van der Waals surface area contributed by atoms with E-state index in [9.17, 15) is 0 Å². The van der Waals surface area contributed by atoms with Crippen molar-refractivity contribution < 1.29 is 0 Å². The maximum absolute atomic E-state index is 6.32. The average Bonchev–Trinajstić information content (AvgIpc) is 2.48. The van der Waals surface area contributed by atoms with Crippen molar-refractivity contribution in [2.45, 2.75) is 39.7 Å². The Bertz CT molecular complexity index is 592. The monoisotopic (exact) mass is 301 g/mol. The Labute approximate surface area is 133 Å². The number of halogens is 1. The second-order valence-electron chi connectivity index (χ2n) is 5.65. The lowest BCUT2D eigenvalue weighted by Crippen LogP contribution is -2.24. The Morgan fingerprint density at radius 2 is 1.81 bits per heavy atom. The molecule has 0 aliphatic heterocycles. The fourth-order valence-electron chi connectivity index (χ4n) is 2.49. The summed E-state index contributed by atoms with van der Waals surface area (Å²) in [4.78, 5) is 0. The minimum atomic E-state index is 0.309. The molecule has 0 aromatic heterocycles. The molecule has 0 bridgehead atoms. The molecule has 1 nitrogen and oxygen atoms in total. The summed E-state index contributed by atoms with van der Waals surface area (Å²) in [6, 6.07) is 15.2. The topological polar surface area (TPSA) is 12.0 Å². The van der Waals surface area contributed by atoms with Gasteiger partial charge >= 0.3 is 0 Å². The standard InChI is InChI=1S/C19H24ClN/c1-4-11-21-19(13-16-7-5-6-8-18(16)20)17-10-9-14(2)15(3)12-17/h5-10,12,19,21H,4,11,13H2,1-3H3. The molecule has 1 atom stereocenters. The smallest absolute Gasteiger partial charge is 0.0438 e. The largest absolute Gasteiger partial charge is 0.310 e. The third-order valence-corrected chi connectivity index (χ3v) is 4.32. The summed E-state index contributed by atoms with van der Waals surface area (Å²) < 4.78 is 0. The highest BCUT2D eigenvalue weighted by Gasteiger charge is 2.13. The summed E-state index contributed by atoms with van der Waals surface area (Å²) in [5.41, 5.74) is 5.22. The number of rotatable bonds is 6. The lowest BCUT2D eigenvalue weighted by atomic mass is 9.96. The third-order valence-electron chi connectivity index (χ3n) is 3.96. The zero-order valence-corrected chi connectivity index (χ0v) is 13.9. The molecule has 1 N–H and O–H groups in total. The minimum absolute atomic E-state index is 0.309. The Hall–Kier alpha value is -1.31. The lowest BCUT2D eigenvalue weighted by Gasteiger charge is -2.21. The van der Waals surface area contributed by atoms with E-state index >= 15 is 0 Å². The van der Waals surface area contributed by atoms with E-state index in [1.807, 2.05) is 12.1 Å². The molecule has 2 aromatic rings. The molecule has 0 amide bonds. The maximum Gasteiger partial charge on any atom is 0.0438 e. The molecule has 0 fully saturated rings. The van der Waals surface area contributed by atoms with Gasteiger partial charge in [0.15, 0.2) is 0 Å². The van der Waals surface area contributed by atoms with Gasteiger partial charge < -0.3 is 5.32 Å². The third kappa shape index (κ3) is 4.33. The maximum atomic E-state index is 6.32. The van der Waals surface area contributed by atoms with Crippen LogP contribution in [0.5, 0.6) is 0 Å². The predicted molar refractivity (Wildman–Crippen MR) is 92.1 cm³/mol. The number of nitrogens with one attached hydrogen (secondary N) is 1. The van der Waals surface area contributed by atoms with E-state index in [4.69, 9.17) is 11.6 Å². The fraction of sp³-hybridized carbons (Fsp3) is 0.368. The van der Waals surface area contributed by atoms with Gasteiger partial charge in [0.05, 0.1) is 0 Å². The highest BCUT2D eigenvalue weighted by Crippen LogP contribution is 2.25. The first kappa shape index (κ1) is 16.1. The van der Waals surface area contributed by atoms with Crippen LogP contribution in [0.15, 0.2) is 42.5 Å². The van der Waals surface area contributed by atoms with Gasteiger partial charge in [-0.25, -0.2) is 0 Å². The van der Waals surface area contributed by atoms with Gasteiger partial charge in [0, 0.05) is 11.1 Å². The zero-order chi connectivity index (χ0) is 15.2. The predicted octanol–water partition coefficient (Wildman–Crippen LogP) is 5.24. The van der Waals surface area contributed by atoms with Crippen molar-refractivity contribution in [3.8, 4) is 0 Å². The molecule has 2 rings (SSSR count). The van der Waals surface area contributed by atoms with Gasteiger partial charge in [0.25, 0.3) is 0 Å². The van der Waals surface area contributed by atoms with Gasteiger partial charge in [-0.2, -0.15) is 0 Å². The SMILES string of the molecule is CCCNC(Cc1ccccc1Cl)c1ccc(C)c(C)c1. The summed E-state index contributed by atoms with van der Waals surface area (Å²) in [5.74, 6) is 0. The van der Waals surface area contributed by atoms with Crippen LogP contribution in [-0.4, -0.2) is 6.54 Å². The van der Waals surface area contributed by atoms with Gasteiger partial charge in [-0.3, -0.25) is 0 Å². The fourth-order valence-corrected chi connectivity index (χ4v) is 2.70. The number of hydrogen-bond donors (Lipinski definition) is 1. The average molecular weight is 302 g/mol. The van der Waals surface area contributed by atoms with E-state index < -0.39 is 0 Å². The highest BCUT2D eigenvalue weighted by atomic mass is 35.5. The summed E-state index contributed by atoms with van der Waals surface area (Å²) >= 11 is 6.32. The Balaban J connectivity index is 2.25. The van der Waals surface area contributed by atoms with Crippen molar-refractivity contribution in [1.82, 2.24) is 5.32 Å². The van der Waals surface area contributed by atoms with Crippen LogP contribution in [0.3, 0.4) is 0 Å². The molecular formula is C19H24ClN. The van der Waals surface area contributed by atoms with Crippen LogP contribution in [0.2, 0.25) is 5.02 Å². The molecule has 0 radical (unpaired) electrons. The number of aryl methyl sites for hydroxylation is 2. The summed E-state index contributed by atoms with van der Waals surface area (Å²) in [5, 5.41) is 4.50. The van der Waals surface area contributed by atoms with Crippen LogP contribution in [0, 0.1) is 13.8 Å². The van der Waals surface area contributed by atoms with E-state index in [0.29, 0.717) is 6.04 Å². The second-order valence-corrected chi connectivity index (χ2v) is 6.05. The van der Waals surface area contributed by atoms with E-state index in [2.05, 4.69) is 56.4 Å². The van der Waals surface area contributed by atoms with Crippen LogP contribution in [0.25, 0.3) is 0 Å². The van der Waals surface area contributed by atoms with Gasteiger partial charge in [-0.05, 0) is 61.6 Å². The highest BCUT2D eigenvalue weighted by molar-refractivity contribution is 6.31. The van der Waals surface area contributed by atoms with E-state index in [-0.39, 0.29) is 0 Å². The van der Waals surface area contributed by atoms with E-state index in [0.717, 1.165) is 24.4 Å². The zero-order valence-electron chi connectivity index (χ0n) is 13.1. The first-order valence-electron chi connectivity index (χ1n) is 7.65.